The molecule has 0 saturated carbocycles. The van der Waals surface area contributed by atoms with Gasteiger partial charge in [-0.05, 0) is 29.4 Å². The topological polar surface area (TPSA) is 94.0 Å². The second kappa shape index (κ2) is 4.20. The van der Waals surface area contributed by atoms with E-state index < -0.39 is 5.82 Å². The molecule has 0 bridgehead atoms. The van der Waals surface area contributed by atoms with E-state index in [1.54, 1.807) is 29.5 Å². The highest BCUT2D eigenvalue weighted by molar-refractivity contribution is 5.79. The van der Waals surface area contributed by atoms with Gasteiger partial charge in [0.15, 0.2) is 5.82 Å². The maximum absolute atomic E-state index is 13.8. The van der Waals surface area contributed by atoms with E-state index in [1.165, 1.54) is 6.07 Å². The summed E-state index contributed by atoms with van der Waals surface area (Å²) in [7, 11) is 0. The van der Waals surface area contributed by atoms with Crippen molar-refractivity contribution in [3.05, 3.63) is 35.9 Å². The first-order valence-electron chi connectivity index (χ1n) is 6.09. The number of nitrogens with zero attached hydrogens (tertiary/aromatic N) is 6. The molecule has 0 radical (unpaired) electrons. The summed E-state index contributed by atoms with van der Waals surface area (Å²) in [4.78, 5) is 4.24. The number of benzene rings is 1. The highest BCUT2D eigenvalue weighted by atomic mass is 19.1. The minimum atomic E-state index is -0.396. The minimum Gasteiger partial charge on any atom is -0.335 e. The number of rotatable bonds is 2. The Kier molecular flexibility index (Phi) is 2.34. The van der Waals surface area contributed by atoms with Crippen LogP contribution in [0.15, 0.2) is 28.9 Å². The standard InChI is InChI=1S/C12H8FN7O/c1-6-16-17-11-9(14-8-5-3-2-4-7(8)13)15-10-12(20(6)11)19-21-18-10/h2-5H,1H3,(H,14,15,18). The lowest BCUT2D eigenvalue weighted by Gasteiger charge is -2.07. The summed E-state index contributed by atoms with van der Waals surface area (Å²) in [5.41, 5.74) is 1.39. The highest BCUT2D eigenvalue weighted by Gasteiger charge is 2.17. The summed E-state index contributed by atoms with van der Waals surface area (Å²) in [5.74, 6) is 0.528. The van der Waals surface area contributed by atoms with E-state index in [1.807, 2.05) is 0 Å². The van der Waals surface area contributed by atoms with Gasteiger partial charge in [0, 0.05) is 0 Å². The molecule has 0 spiro atoms. The Hall–Kier alpha value is -3.10. The Bertz CT molecular complexity index is 961. The van der Waals surface area contributed by atoms with Crippen molar-refractivity contribution in [1.82, 2.24) is 29.9 Å². The summed E-state index contributed by atoms with van der Waals surface area (Å²) in [5, 5.41) is 18.4. The van der Waals surface area contributed by atoms with Crippen molar-refractivity contribution in [2.24, 2.45) is 0 Å². The Morgan fingerprint density at radius 2 is 2.00 bits per heavy atom. The molecule has 0 aliphatic carbocycles. The number of aromatic nitrogens is 6. The Morgan fingerprint density at radius 3 is 2.86 bits per heavy atom. The predicted octanol–water partition coefficient (Wildman–Crippen LogP) is 1.85. The monoisotopic (exact) mass is 285 g/mol. The van der Waals surface area contributed by atoms with Gasteiger partial charge in [-0.3, -0.25) is 4.40 Å². The van der Waals surface area contributed by atoms with Gasteiger partial charge in [-0.2, -0.15) is 0 Å². The van der Waals surface area contributed by atoms with Gasteiger partial charge in [0.25, 0.3) is 0 Å². The highest BCUT2D eigenvalue weighted by Crippen LogP contribution is 2.24. The lowest BCUT2D eigenvalue weighted by atomic mass is 10.3. The van der Waals surface area contributed by atoms with Crippen LogP contribution in [0.1, 0.15) is 5.82 Å². The molecule has 0 unspecified atom stereocenters. The van der Waals surface area contributed by atoms with Gasteiger partial charge in [0.2, 0.25) is 16.9 Å². The van der Waals surface area contributed by atoms with Crippen molar-refractivity contribution in [1.29, 1.82) is 0 Å². The molecule has 0 amide bonds. The molecule has 4 aromatic rings. The molecule has 8 nitrogen and oxygen atoms in total. The normalized spacial score (nSPS) is 11.3. The lowest BCUT2D eigenvalue weighted by molar-refractivity contribution is 0.313. The lowest BCUT2D eigenvalue weighted by Crippen LogP contribution is -2.02. The molecule has 0 aliphatic rings. The Balaban J connectivity index is 1.97. The van der Waals surface area contributed by atoms with Gasteiger partial charge in [-0.25, -0.2) is 14.0 Å². The molecule has 4 rings (SSSR count). The second-order valence-corrected chi connectivity index (χ2v) is 4.38. The number of anilines is 2. The van der Waals surface area contributed by atoms with Gasteiger partial charge >= 0.3 is 0 Å². The Labute approximate surface area is 116 Å². The van der Waals surface area contributed by atoms with Crippen LogP contribution in [0.4, 0.5) is 15.9 Å². The summed E-state index contributed by atoms with van der Waals surface area (Å²) in [6.07, 6.45) is 0. The second-order valence-electron chi connectivity index (χ2n) is 4.38. The maximum atomic E-state index is 13.8. The van der Waals surface area contributed by atoms with E-state index in [0.717, 1.165) is 0 Å². The average molecular weight is 285 g/mol. The number of para-hydroxylation sites is 1. The van der Waals surface area contributed by atoms with E-state index in [2.05, 4.69) is 35.4 Å². The molecular formula is C12H8FN7O. The number of halogens is 1. The van der Waals surface area contributed by atoms with Gasteiger partial charge in [-0.1, -0.05) is 12.1 Å². The first kappa shape index (κ1) is 11.7. The van der Waals surface area contributed by atoms with Crippen LogP contribution in [0.25, 0.3) is 16.9 Å². The fraction of sp³-hybridized carbons (Fsp3) is 0.0833. The van der Waals surface area contributed by atoms with E-state index in [4.69, 9.17) is 0 Å². The summed E-state index contributed by atoms with van der Waals surface area (Å²) in [6, 6.07) is 6.27. The molecule has 0 aliphatic heterocycles. The van der Waals surface area contributed by atoms with Crippen LogP contribution >= 0.6 is 0 Å². The number of hydrogen-bond donors (Lipinski definition) is 1. The van der Waals surface area contributed by atoms with Gasteiger partial charge < -0.3 is 5.32 Å². The minimum absolute atomic E-state index is 0.281. The van der Waals surface area contributed by atoms with Crippen LogP contribution in [-0.4, -0.2) is 29.9 Å². The molecule has 9 heteroatoms. The van der Waals surface area contributed by atoms with Crippen LogP contribution in [0, 0.1) is 12.7 Å². The SMILES string of the molecule is Cc1nnc2c(Nc3ccccc3F)nc3nonc3n12. The number of fused-ring (bicyclic) bond motifs is 3. The summed E-state index contributed by atoms with van der Waals surface area (Å²) in [6.45, 7) is 1.76. The molecule has 3 heterocycles. The van der Waals surface area contributed by atoms with E-state index in [-0.39, 0.29) is 11.3 Å². The van der Waals surface area contributed by atoms with Crippen molar-refractivity contribution >= 4 is 28.4 Å². The molecule has 0 saturated heterocycles. The zero-order valence-electron chi connectivity index (χ0n) is 10.8. The van der Waals surface area contributed by atoms with Crippen molar-refractivity contribution in [3.8, 4) is 0 Å². The van der Waals surface area contributed by atoms with Crippen molar-refractivity contribution in [2.45, 2.75) is 6.92 Å². The van der Waals surface area contributed by atoms with Crippen LogP contribution in [0.5, 0.6) is 0 Å². The average Bonchev–Trinajstić information content (AvgIpc) is 3.08. The Morgan fingerprint density at radius 1 is 1.14 bits per heavy atom. The van der Waals surface area contributed by atoms with Crippen LogP contribution in [0.3, 0.4) is 0 Å². The molecule has 104 valence electrons. The quantitative estimate of drug-likeness (QED) is 0.600. The van der Waals surface area contributed by atoms with E-state index in [9.17, 15) is 4.39 Å². The molecular weight excluding hydrogens is 277 g/mol. The third-order valence-corrected chi connectivity index (χ3v) is 3.05. The third kappa shape index (κ3) is 1.71. The first-order chi connectivity index (χ1) is 10.2. The molecule has 21 heavy (non-hydrogen) atoms. The van der Waals surface area contributed by atoms with Gasteiger partial charge in [-0.15, -0.1) is 10.2 Å². The van der Waals surface area contributed by atoms with Crippen molar-refractivity contribution in [3.63, 3.8) is 0 Å². The van der Waals surface area contributed by atoms with Crippen LogP contribution < -0.4 is 5.32 Å². The van der Waals surface area contributed by atoms with E-state index >= 15 is 0 Å². The molecule has 1 N–H and O–H groups in total. The molecule has 0 fully saturated rings. The maximum Gasteiger partial charge on any atom is 0.244 e. The third-order valence-electron chi connectivity index (χ3n) is 3.05. The van der Waals surface area contributed by atoms with Crippen molar-refractivity contribution < 1.29 is 9.02 Å². The largest absolute Gasteiger partial charge is 0.335 e. The smallest absolute Gasteiger partial charge is 0.244 e. The zero-order valence-corrected chi connectivity index (χ0v) is 10.8. The number of nitrogens with one attached hydrogen (secondary N) is 1. The van der Waals surface area contributed by atoms with Gasteiger partial charge in [0.05, 0.1) is 5.69 Å². The van der Waals surface area contributed by atoms with Crippen molar-refractivity contribution in [2.75, 3.05) is 5.32 Å². The number of aryl methyl sites for hydroxylation is 1. The fourth-order valence-corrected chi connectivity index (χ4v) is 2.09. The molecule has 1 aromatic carbocycles. The van der Waals surface area contributed by atoms with Crippen LogP contribution in [-0.2, 0) is 0 Å². The summed E-state index contributed by atoms with van der Waals surface area (Å²) >= 11 is 0. The predicted molar refractivity (Wildman–Crippen MR) is 70.6 cm³/mol. The molecule has 0 atom stereocenters. The number of hydrogen-bond acceptors (Lipinski definition) is 7. The van der Waals surface area contributed by atoms with E-state index in [0.29, 0.717) is 22.9 Å². The zero-order chi connectivity index (χ0) is 14.4. The fourth-order valence-electron chi connectivity index (χ4n) is 2.09. The molecule has 3 aromatic heterocycles. The van der Waals surface area contributed by atoms with Crippen LogP contribution in [0.2, 0.25) is 0 Å². The summed E-state index contributed by atoms with van der Waals surface area (Å²) < 4.78 is 20.1. The van der Waals surface area contributed by atoms with Gasteiger partial charge in [0.1, 0.15) is 11.6 Å². The first-order valence-corrected chi connectivity index (χ1v) is 6.09.